The van der Waals surface area contributed by atoms with Crippen LogP contribution in [-0.2, 0) is 0 Å². The number of para-hydroxylation sites is 2. The lowest BCUT2D eigenvalue weighted by Crippen LogP contribution is -2.50. The molecular formula is C33H49N5O2. The Balaban J connectivity index is 0.000000259. The van der Waals surface area contributed by atoms with Crippen molar-refractivity contribution in [2.75, 3.05) is 7.11 Å². The number of nitrogens with zero attached hydrogens (tertiary/aromatic N) is 4. The third-order valence-corrected chi connectivity index (χ3v) is 9.03. The van der Waals surface area contributed by atoms with E-state index in [9.17, 15) is 4.79 Å². The van der Waals surface area contributed by atoms with Crippen LogP contribution in [0.5, 0.6) is 5.88 Å². The molecule has 4 fully saturated rings. The Labute approximate surface area is 240 Å². The highest BCUT2D eigenvalue weighted by Gasteiger charge is 2.33. The molecule has 2 saturated carbocycles. The number of aromatic nitrogens is 4. The minimum Gasteiger partial charge on any atom is -0.480 e. The normalized spacial score (nSPS) is 26.7. The first-order valence-corrected chi connectivity index (χ1v) is 15.3. The molecule has 2 saturated heterocycles. The van der Waals surface area contributed by atoms with Crippen molar-refractivity contribution in [3.8, 4) is 17.3 Å². The minimum absolute atomic E-state index is 0. The average Bonchev–Trinajstić information content (AvgIpc) is 2.98. The Morgan fingerprint density at radius 1 is 0.850 bits per heavy atom. The quantitative estimate of drug-likeness (QED) is 0.369. The second kappa shape index (κ2) is 14.2. The van der Waals surface area contributed by atoms with E-state index in [0.29, 0.717) is 29.4 Å². The predicted molar refractivity (Wildman–Crippen MR) is 164 cm³/mol. The Kier molecular flexibility index (Phi) is 10.7. The fourth-order valence-corrected chi connectivity index (χ4v) is 7.31. The van der Waals surface area contributed by atoms with Gasteiger partial charge >= 0.3 is 0 Å². The second-order valence-corrected chi connectivity index (χ2v) is 11.5. The van der Waals surface area contributed by atoms with Crippen LogP contribution in [0.4, 0.5) is 0 Å². The van der Waals surface area contributed by atoms with Gasteiger partial charge in [-0.3, -0.25) is 9.78 Å². The summed E-state index contributed by atoms with van der Waals surface area (Å²) in [6.07, 6.45) is 19.5. The summed E-state index contributed by atoms with van der Waals surface area (Å²) in [5.74, 6) is 2.67. The van der Waals surface area contributed by atoms with Gasteiger partial charge < -0.3 is 14.6 Å². The summed E-state index contributed by atoms with van der Waals surface area (Å²) < 4.78 is 7.13. The molecule has 218 valence electrons. The van der Waals surface area contributed by atoms with Gasteiger partial charge in [-0.15, -0.1) is 0 Å². The Bertz CT molecular complexity index is 1260. The molecule has 1 N–H and O–H groups in total. The van der Waals surface area contributed by atoms with Gasteiger partial charge in [-0.25, -0.2) is 9.97 Å². The van der Waals surface area contributed by atoms with E-state index in [1.54, 1.807) is 38.3 Å². The first kappa shape index (κ1) is 30.2. The topological polar surface area (TPSA) is 81.9 Å². The third kappa shape index (κ3) is 6.73. The molecule has 0 spiro atoms. The summed E-state index contributed by atoms with van der Waals surface area (Å²) in [4.78, 5) is 26.8. The summed E-state index contributed by atoms with van der Waals surface area (Å²) in [6.45, 7) is 4.00. The zero-order chi connectivity index (χ0) is 27.2. The van der Waals surface area contributed by atoms with Crippen LogP contribution in [0, 0.1) is 11.8 Å². The largest absolute Gasteiger partial charge is 0.480 e. The van der Waals surface area contributed by atoms with Crippen molar-refractivity contribution in [2.45, 2.75) is 116 Å². The fraction of sp³-hybridized carbons (Fsp3) is 0.636. The van der Waals surface area contributed by atoms with Crippen LogP contribution >= 0.6 is 0 Å². The van der Waals surface area contributed by atoms with Gasteiger partial charge in [0, 0.05) is 18.1 Å². The van der Waals surface area contributed by atoms with E-state index in [-0.39, 0.29) is 19.0 Å². The molecule has 2 unspecified atom stereocenters. The van der Waals surface area contributed by atoms with Crippen molar-refractivity contribution in [3.05, 3.63) is 47.0 Å². The standard InChI is InChI=1S/C21H23N5O2.C9H16.C2H6.CH4/c1-28-19-12-22-11-17(24-19)20-21(27)26(18-8-3-2-7-16(18)25-20)15-9-13-5-4-6-14(10-15)23-13;1-3-8-5-2-6-9(4-1)7-8;1-2;/h2-3,7-8,11-15,23H,4-6,9-10H2,1H3;8-9H,1-7H2;1-2H3;1H4. The average molecular weight is 548 g/mol. The van der Waals surface area contributed by atoms with E-state index in [4.69, 9.17) is 4.74 Å². The highest BCUT2D eigenvalue weighted by atomic mass is 16.5. The maximum Gasteiger partial charge on any atom is 0.279 e. The van der Waals surface area contributed by atoms with Crippen molar-refractivity contribution < 1.29 is 4.74 Å². The van der Waals surface area contributed by atoms with Crippen LogP contribution in [-0.4, -0.2) is 38.7 Å². The molecule has 40 heavy (non-hydrogen) atoms. The second-order valence-electron chi connectivity index (χ2n) is 11.5. The van der Waals surface area contributed by atoms with Crippen LogP contribution in [0.15, 0.2) is 41.5 Å². The zero-order valence-corrected chi connectivity index (χ0v) is 23.9. The van der Waals surface area contributed by atoms with Crippen LogP contribution in [0.2, 0.25) is 0 Å². The SMILES string of the molecule is C.C1CC2CCCC(C1)C2.CC.COc1cncc(-c2nc3ccccc3n(C3CC4CCCC(C3)N4)c2=O)n1. The Morgan fingerprint density at radius 2 is 1.48 bits per heavy atom. The molecule has 0 amide bonds. The number of ether oxygens (including phenoxy) is 1. The van der Waals surface area contributed by atoms with Gasteiger partial charge in [0.25, 0.3) is 5.56 Å². The zero-order valence-electron chi connectivity index (χ0n) is 23.9. The van der Waals surface area contributed by atoms with Crippen LogP contribution in [0.1, 0.15) is 104 Å². The van der Waals surface area contributed by atoms with E-state index >= 15 is 0 Å². The molecule has 4 heterocycles. The number of hydrogen-bond donors (Lipinski definition) is 1. The first-order valence-electron chi connectivity index (χ1n) is 15.3. The number of rotatable bonds is 3. The van der Waals surface area contributed by atoms with Crippen molar-refractivity contribution in [1.29, 1.82) is 0 Å². The Morgan fingerprint density at radius 3 is 2.10 bits per heavy atom. The van der Waals surface area contributed by atoms with Gasteiger partial charge in [0.1, 0.15) is 5.69 Å². The number of benzene rings is 1. The fourth-order valence-electron chi connectivity index (χ4n) is 7.31. The van der Waals surface area contributed by atoms with Crippen LogP contribution < -0.4 is 15.6 Å². The molecule has 7 nitrogen and oxygen atoms in total. The molecule has 0 radical (unpaired) electrons. The lowest BCUT2D eigenvalue weighted by atomic mass is 9.72. The number of piperidine rings is 2. The monoisotopic (exact) mass is 547 g/mol. The molecular weight excluding hydrogens is 498 g/mol. The molecule has 1 aromatic carbocycles. The van der Waals surface area contributed by atoms with Gasteiger partial charge in [0.2, 0.25) is 5.88 Å². The van der Waals surface area contributed by atoms with Gasteiger partial charge in [-0.1, -0.05) is 78.4 Å². The number of nitrogens with one attached hydrogen (secondary N) is 1. The minimum atomic E-state index is -0.105. The lowest BCUT2D eigenvalue weighted by molar-refractivity contribution is 0.189. The highest BCUT2D eigenvalue weighted by molar-refractivity contribution is 5.77. The van der Waals surface area contributed by atoms with E-state index in [1.807, 2.05) is 42.7 Å². The molecule has 2 aliphatic carbocycles. The number of fused-ring (bicyclic) bond motifs is 5. The van der Waals surface area contributed by atoms with E-state index in [0.717, 1.165) is 35.7 Å². The smallest absolute Gasteiger partial charge is 0.279 e. The van der Waals surface area contributed by atoms with Crippen LogP contribution in [0.3, 0.4) is 0 Å². The maximum atomic E-state index is 13.6. The van der Waals surface area contributed by atoms with Gasteiger partial charge in [0.05, 0.1) is 30.5 Å². The predicted octanol–water partition coefficient (Wildman–Crippen LogP) is 7.35. The van der Waals surface area contributed by atoms with Crippen molar-refractivity contribution >= 4 is 11.0 Å². The third-order valence-electron chi connectivity index (χ3n) is 9.03. The molecule has 3 aromatic rings. The highest BCUT2D eigenvalue weighted by Crippen LogP contribution is 2.39. The molecule has 2 atom stereocenters. The summed E-state index contributed by atoms with van der Waals surface area (Å²) >= 11 is 0. The summed E-state index contributed by atoms with van der Waals surface area (Å²) in [7, 11) is 1.54. The van der Waals surface area contributed by atoms with Crippen molar-refractivity contribution in [2.24, 2.45) is 11.8 Å². The lowest BCUT2D eigenvalue weighted by Gasteiger charge is -2.41. The van der Waals surface area contributed by atoms with E-state index < -0.39 is 0 Å². The molecule has 2 aromatic heterocycles. The molecule has 7 heteroatoms. The maximum absolute atomic E-state index is 13.6. The van der Waals surface area contributed by atoms with Crippen molar-refractivity contribution in [1.82, 2.24) is 24.8 Å². The van der Waals surface area contributed by atoms with Crippen molar-refractivity contribution in [3.63, 3.8) is 0 Å². The van der Waals surface area contributed by atoms with Crippen LogP contribution in [0.25, 0.3) is 22.4 Å². The molecule has 4 aliphatic rings. The van der Waals surface area contributed by atoms with Gasteiger partial charge in [-0.2, -0.15) is 0 Å². The summed E-state index contributed by atoms with van der Waals surface area (Å²) in [6, 6.07) is 8.98. The molecule has 2 aliphatic heterocycles. The first-order chi connectivity index (χ1) is 19.2. The molecule has 4 bridgehead atoms. The van der Waals surface area contributed by atoms with Gasteiger partial charge in [0.15, 0.2) is 5.69 Å². The van der Waals surface area contributed by atoms with E-state index in [1.165, 1.54) is 45.4 Å². The Hall–Kier alpha value is -2.80. The number of methoxy groups -OCH3 is 1. The number of hydrogen-bond acceptors (Lipinski definition) is 6. The van der Waals surface area contributed by atoms with Gasteiger partial charge in [-0.05, 0) is 56.1 Å². The van der Waals surface area contributed by atoms with E-state index in [2.05, 4.69) is 20.3 Å². The summed E-state index contributed by atoms with van der Waals surface area (Å²) in [5.41, 5.74) is 2.35. The molecule has 7 rings (SSSR count). The summed E-state index contributed by atoms with van der Waals surface area (Å²) in [5, 5.41) is 3.71.